The molecule has 164 valence electrons. The van der Waals surface area contributed by atoms with Gasteiger partial charge in [0.25, 0.3) is 0 Å². The van der Waals surface area contributed by atoms with E-state index in [1.54, 1.807) is 7.11 Å². The number of hydrogen-bond donors (Lipinski definition) is 1. The lowest BCUT2D eigenvalue weighted by Crippen LogP contribution is -2.37. The van der Waals surface area contributed by atoms with Crippen LogP contribution >= 0.6 is 0 Å². The van der Waals surface area contributed by atoms with E-state index in [4.69, 9.17) is 19.5 Å². The zero-order chi connectivity index (χ0) is 21.9. The van der Waals surface area contributed by atoms with Crippen LogP contribution in [-0.4, -0.2) is 61.7 Å². The number of benzene rings is 2. The van der Waals surface area contributed by atoms with E-state index in [-0.39, 0.29) is 0 Å². The summed E-state index contributed by atoms with van der Waals surface area (Å²) in [6.07, 6.45) is 1.75. The van der Waals surface area contributed by atoms with E-state index in [0.29, 0.717) is 12.2 Å². The first-order valence-electron chi connectivity index (χ1n) is 11.0. The Morgan fingerprint density at radius 3 is 2.72 bits per heavy atom. The van der Waals surface area contributed by atoms with Crippen LogP contribution in [0.2, 0.25) is 0 Å². The molecular weight excluding hydrogens is 404 g/mol. The van der Waals surface area contributed by atoms with E-state index < -0.39 is 0 Å². The Hall–Kier alpha value is -3.34. The minimum atomic E-state index is 0.643. The molecule has 1 aliphatic carbocycles. The third-order valence-corrected chi connectivity index (χ3v) is 6.16. The Morgan fingerprint density at radius 1 is 1.16 bits per heavy atom. The van der Waals surface area contributed by atoms with Crippen LogP contribution in [0.15, 0.2) is 36.4 Å². The largest absolute Gasteiger partial charge is 0.493 e. The smallest absolute Gasteiger partial charge is 0.161 e. The van der Waals surface area contributed by atoms with Gasteiger partial charge in [-0.1, -0.05) is 12.1 Å². The summed E-state index contributed by atoms with van der Waals surface area (Å²) in [5, 5.41) is 16.8. The number of hydrogen-bond acceptors (Lipinski definition) is 6. The highest BCUT2D eigenvalue weighted by molar-refractivity contribution is 5.82. The van der Waals surface area contributed by atoms with Crippen LogP contribution < -0.4 is 9.47 Å². The van der Waals surface area contributed by atoms with Crippen LogP contribution in [-0.2, 0) is 11.2 Å². The molecule has 0 radical (unpaired) electrons. The van der Waals surface area contributed by atoms with Crippen molar-refractivity contribution >= 4 is 0 Å². The third-order valence-electron chi connectivity index (χ3n) is 6.16. The summed E-state index contributed by atoms with van der Waals surface area (Å²) < 4.78 is 17.2. The highest BCUT2D eigenvalue weighted by Crippen LogP contribution is 2.44. The van der Waals surface area contributed by atoms with Gasteiger partial charge in [0.15, 0.2) is 11.5 Å². The van der Waals surface area contributed by atoms with Gasteiger partial charge in [-0.15, -0.1) is 0 Å². The van der Waals surface area contributed by atoms with E-state index in [1.165, 1.54) is 5.56 Å². The van der Waals surface area contributed by atoms with Gasteiger partial charge in [0.2, 0.25) is 0 Å². The minimum Gasteiger partial charge on any atom is -0.493 e. The minimum absolute atomic E-state index is 0.643. The molecule has 7 nitrogen and oxygen atoms in total. The second-order valence-corrected chi connectivity index (χ2v) is 8.11. The molecule has 1 saturated heterocycles. The summed E-state index contributed by atoms with van der Waals surface area (Å²) in [5.41, 5.74) is 7.06. The topological polar surface area (TPSA) is 83.4 Å². The highest BCUT2D eigenvalue weighted by atomic mass is 16.5. The molecule has 0 atom stereocenters. The van der Waals surface area contributed by atoms with Gasteiger partial charge in [0.05, 0.1) is 50.0 Å². The van der Waals surface area contributed by atoms with Gasteiger partial charge in [0, 0.05) is 42.7 Å². The molecule has 1 aromatic heterocycles. The van der Waals surface area contributed by atoms with Crippen molar-refractivity contribution in [1.29, 1.82) is 5.26 Å². The van der Waals surface area contributed by atoms with Gasteiger partial charge in [0.1, 0.15) is 0 Å². The van der Waals surface area contributed by atoms with E-state index in [0.717, 1.165) is 85.3 Å². The van der Waals surface area contributed by atoms with Crippen molar-refractivity contribution < 1.29 is 14.2 Å². The lowest BCUT2D eigenvalue weighted by Gasteiger charge is -2.26. The number of aromatic amines is 1. The maximum Gasteiger partial charge on any atom is 0.161 e. The SMILES string of the molecule is COc1cc2c(cc1OCCCN1CCOCC1)Cc1c(-c3ccc(C#N)cc3)n[nH]c1-2. The molecule has 3 aromatic rings. The molecule has 7 heteroatoms. The lowest BCUT2D eigenvalue weighted by molar-refractivity contribution is 0.0357. The number of aromatic nitrogens is 2. The molecule has 0 unspecified atom stereocenters. The molecule has 2 aromatic carbocycles. The number of morpholine rings is 1. The number of nitrogens with zero attached hydrogens (tertiary/aromatic N) is 3. The van der Waals surface area contributed by atoms with Crippen molar-refractivity contribution in [2.24, 2.45) is 0 Å². The van der Waals surface area contributed by atoms with Crippen LogP contribution in [0.1, 0.15) is 23.1 Å². The van der Waals surface area contributed by atoms with Crippen molar-refractivity contribution in [3.63, 3.8) is 0 Å². The molecule has 1 aliphatic heterocycles. The predicted molar refractivity (Wildman–Crippen MR) is 121 cm³/mol. The Labute approximate surface area is 187 Å². The maximum absolute atomic E-state index is 9.05. The molecule has 0 amide bonds. The van der Waals surface area contributed by atoms with Gasteiger partial charge in [-0.25, -0.2) is 0 Å². The predicted octanol–water partition coefficient (Wildman–Crippen LogP) is 3.63. The average molecular weight is 431 g/mol. The van der Waals surface area contributed by atoms with E-state index >= 15 is 0 Å². The number of nitriles is 1. The standard InChI is InChI=1S/C25H26N4O3/c1-30-22-15-20-19(14-23(22)32-10-2-7-29-8-11-31-12-9-29)13-21-24(27-28-25(20)21)18-5-3-17(16-26)4-6-18/h3-6,14-15H,2,7-13H2,1H3,(H,27,28). The highest BCUT2D eigenvalue weighted by Gasteiger charge is 2.27. The van der Waals surface area contributed by atoms with Crippen molar-refractivity contribution in [3.8, 4) is 40.1 Å². The molecule has 0 saturated carbocycles. The molecule has 2 heterocycles. The first-order chi connectivity index (χ1) is 15.8. The number of nitrogens with one attached hydrogen (secondary N) is 1. The average Bonchev–Trinajstić information content (AvgIpc) is 3.41. The molecule has 1 fully saturated rings. The summed E-state index contributed by atoms with van der Waals surface area (Å²) in [6, 6.07) is 13.8. The van der Waals surface area contributed by atoms with Gasteiger partial charge >= 0.3 is 0 Å². The second kappa shape index (κ2) is 9.03. The third kappa shape index (κ3) is 3.95. The summed E-state index contributed by atoms with van der Waals surface area (Å²) >= 11 is 0. The van der Waals surface area contributed by atoms with Crippen molar-refractivity contribution in [2.75, 3.05) is 46.6 Å². The molecule has 0 spiro atoms. The summed E-state index contributed by atoms with van der Waals surface area (Å²) in [7, 11) is 1.67. The van der Waals surface area contributed by atoms with Gasteiger partial charge < -0.3 is 14.2 Å². The fourth-order valence-electron chi connectivity index (χ4n) is 4.44. The zero-order valence-corrected chi connectivity index (χ0v) is 18.2. The van der Waals surface area contributed by atoms with Gasteiger partial charge in [-0.05, 0) is 36.2 Å². The molecule has 2 aliphatic rings. The number of rotatable bonds is 7. The van der Waals surface area contributed by atoms with Crippen molar-refractivity contribution in [2.45, 2.75) is 12.8 Å². The molecule has 0 bridgehead atoms. The maximum atomic E-state index is 9.05. The fraction of sp³-hybridized carbons (Fsp3) is 0.360. The van der Waals surface area contributed by atoms with E-state index in [2.05, 4.69) is 27.2 Å². The lowest BCUT2D eigenvalue weighted by atomic mass is 10.0. The Morgan fingerprint density at radius 2 is 1.97 bits per heavy atom. The quantitative estimate of drug-likeness (QED) is 0.451. The van der Waals surface area contributed by atoms with Crippen LogP contribution in [0, 0.1) is 11.3 Å². The summed E-state index contributed by atoms with van der Waals surface area (Å²) in [6.45, 7) is 5.29. The zero-order valence-electron chi connectivity index (χ0n) is 18.2. The van der Waals surface area contributed by atoms with E-state index in [9.17, 15) is 0 Å². The van der Waals surface area contributed by atoms with Crippen molar-refractivity contribution in [3.05, 3.63) is 53.1 Å². The first kappa shape index (κ1) is 20.6. The van der Waals surface area contributed by atoms with Crippen LogP contribution in [0.5, 0.6) is 11.5 Å². The summed E-state index contributed by atoms with van der Waals surface area (Å²) in [4.78, 5) is 2.41. The molecule has 32 heavy (non-hydrogen) atoms. The Bertz CT molecular complexity index is 1140. The van der Waals surface area contributed by atoms with Crippen LogP contribution in [0.3, 0.4) is 0 Å². The molecule has 5 rings (SSSR count). The molecular formula is C25H26N4O3. The van der Waals surface area contributed by atoms with Crippen molar-refractivity contribution in [1.82, 2.24) is 15.1 Å². The van der Waals surface area contributed by atoms with Gasteiger partial charge in [-0.3, -0.25) is 10.00 Å². The number of H-pyrrole nitrogens is 1. The Balaban J connectivity index is 1.31. The van der Waals surface area contributed by atoms with E-state index in [1.807, 2.05) is 30.3 Å². The number of fused-ring (bicyclic) bond motifs is 3. The second-order valence-electron chi connectivity index (χ2n) is 8.11. The number of methoxy groups -OCH3 is 1. The summed E-state index contributed by atoms with van der Waals surface area (Å²) in [5.74, 6) is 1.52. The fourth-order valence-corrected chi connectivity index (χ4v) is 4.44. The normalized spacial score (nSPS) is 15.1. The Kier molecular flexibility index (Phi) is 5.80. The first-order valence-corrected chi connectivity index (χ1v) is 11.0. The monoisotopic (exact) mass is 430 g/mol. The van der Waals surface area contributed by atoms with Crippen LogP contribution in [0.25, 0.3) is 22.5 Å². The van der Waals surface area contributed by atoms with Crippen LogP contribution in [0.4, 0.5) is 0 Å². The van der Waals surface area contributed by atoms with Gasteiger partial charge in [-0.2, -0.15) is 10.4 Å². The number of ether oxygens (including phenoxy) is 3. The molecule has 1 N–H and O–H groups in total.